The van der Waals surface area contributed by atoms with Gasteiger partial charge >= 0.3 is 22.3 Å². The molecule has 38 heavy (non-hydrogen) atoms. The van der Waals surface area contributed by atoms with E-state index in [9.17, 15) is 30.0 Å². The lowest BCUT2D eigenvalue weighted by molar-refractivity contribution is -0.192. The molecule has 0 bridgehead atoms. The number of carboxylic acids is 1. The minimum atomic E-state index is -5.08. The van der Waals surface area contributed by atoms with Gasteiger partial charge < -0.3 is 19.8 Å². The van der Waals surface area contributed by atoms with E-state index in [4.69, 9.17) is 30.0 Å². The smallest absolute Gasteiger partial charge is 0.490 e. The molecule has 0 amide bonds. The van der Waals surface area contributed by atoms with E-state index in [2.05, 4.69) is 4.72 Å². The van der Waals surface area contributed by atoms with Crippen molar-refractivity contribution in [3.63, 3.8) is 0 Å². The Morgan fingerprint density at radius 3 is 2.11 bits per heavy atom. The normalized spacial score (nSPS) is 12.6. The zero-order valence-corrected chi connectivity index (χ0v) is 22.0. The summed E-state index contributed by atoms with van der Waals surface area (Å²) < 4.78 is 92.4. The van der Waals surface area contributed by atoms with Crippen molar-refractivity contribution in [1.29, 1.82) is 5.41 Å². The quantitative estimate of drug-likeness (QED) is 0.165. The summed E-state index contributed by atoms with van der Waals surface area (Å²) >= 11 is 0. The second-order valence-electron chi connectivity index (χ2n) is 7.55. The molecule has 212 valence electrons. The fraction of sp³-hybridized carbons (Fsp3) is 0.364. The van der Waals surface area contributed by atoms with E-state index < -0.39 is 38.3 Å². The molecule has 0 aliphatic heterocycles. The van der Waals surface area contributed by atoms with Crippen molar-refractivity contribution in [1.82, 2.24) is 4.72 Å². The number of carbonyl (C=O) groups is 1. The first-order valence-electron chi connectivity index (χ1n) is 10.9. The molecule has 0 spiro atoms. The van der Waals surface area contributed by atoms with Crippen LogP contribution in [0, 0.1) is 5.41 Å². The third-order valence-corrected chi connectivity index (χ3v) is 7.15. The van der Waals surface area contributed by atoms with Gasteiger partial charge in [0.2, 0.25) is 10.0 Å². The Kier molecular flexibility index (Phi) is 12.0. The second-order valence-corrected chi connectivity index (χ2v) is 11.5. The van der Waals surface area contributed by atoms with Crippen LogP contribution in [-0.4, -0.2) is 64.1 Å². The van der Waals surface area contributed by atoms with E-state index in [-0.39, 0.29) is 29.7 Å². The molecule has 11 nitrogen and oxygen atoms in total. The van der Waals surface area contributed by atoms with Gasteiger partial charge in [-0.25, -0.2) is 17.9 Å². The SMILES string of the molecule is CCS(=O)(=O)N[C@H](COc1cccc(C(=N)N)c1)Cc1ccc(OS(=O)(=O)CC)cc1.O=C(O)C(F)(F)F. The fourth-order valence-corrected chi connectivity index (χ4v) is 3.94. The van der Waals surface area contributed by atoms with Crippen LogP contribution in [0.1, 0.15) is 25.0 Å². The minimum Gasteiger partial charge on any atom is -0.492 e. The summed E-state index contributed by atoms with van der Waals surface area (Å²) in [6, 6.07) is 12.5. The van der Waals surface area contributed by atoms with Gasteiger partial charge in [-0.15, -0.1) is 0 Å². The van der Waals surface area contributed by atoms with Crippen LogP contribution >= 0.6 is 0 Å². The number of benzene rings is 2. The molecule has 2 rings (SSSR count). The molecular weight excluding hydrogens is 555 g/mol. The lowest BCUT2D eigenvalue weighted by Crippen LogP contribution is -2.41. The number of sulfonamides is 1. The van der Waals surface area contributed by atoms with E-state index in [1.807, 2.05) is 0 Å². The van der Waals surface area contributed by atoms with Gasteiger partial charge in [0.25, 0.3) is 0 Å². The maximum Gasteiger partial charge on any atom is 0.490 e. The van der Waals surface area contributed by atoms with Crippen LogP contribution < -0.4 is 19.4 Å². The van der Waals surface area contributed by atoms with Crippen LogP contribution in [-0.2, 0) is 31.4 Å². The number of alkyl halides is 3. The molecule has 2 aromatic rings. The molecule has 0 saturated heterocycles. The number of aliphatic carboxylic acids is 1. The fourth-order valence-electron chi connectivity index (χ4n) is 2.59. The second kappa shape index (κ2) is 14.0. The Morgan fingerprint density at radius 1 is 1.05 bits per heavy atom. The zero-order chi connectivity index (χ0) is 29.1. The lowest BCUT2D eigenvalue weighted by Gasteiger charge is -2.19. The molecule has 0 heterocycles. The van der Waals surface area contributed by atoms with Crippen molar-refractivity contribution in [2.75, 3.05) is 18.1 Å². The Hall–Kier alpha value is -3.37. The van der Waals surface area contributed by atoms with Crippen molar-refractivity contribution in [2.45, 2.75) is 32.5 Å². The molecule has 0 aliphatic carbocycles. The number of nitrogens with two attached hydrogens (primary N) is 1. The minimum absolute atomic E-state index is 0.0447. The number of nitrogen functional groups attached to an aromatic ring is 1. The van der Waals surface area contributed by atoms with Gasteiger partial charge in [0.1, 0.15) is 23.9 Å². The van der Waals surface area contributed by atoms with Crippen molar-refractivity contribution >= 4 is 31.9 Å². The summed E-state index contributed by atoms with van der Waals surface area (Å²) in [7, 11) is -7.11. The molecule has 0 saturated carbocycles. The molecule has 2 aromatic carbocycles. The Morgan fingerprint density at radius 2 is 1.63 bits per heavy atom. The highest BCUT2D eigenvalue weighted by Crippen LogP contribution is 2.18. The Balaban J connectivity index is 0.000000905. The van der Waals surface area contributed by atoms with E-state index in [0.717, 1.165) is 5.56 Å². The van der Waals surface area contributed by atoms with Gasteiger partial charge in [-0.3, -0.25) is 5.41 Å². The van der Waals surface area contributed by atoms with Crippen LogP contribution in [0.25, 0.3) is 0 Å². The van der Waals surface area contributed by atoms with E-state index >= 15 is 0 Å². The standard InChI is InChI=1S/C20H27N3O6S2.C2HF3O2/c1-3-30(24,25)23-17(14-28-19-7-5-6-16(13-19)20(21)22)12-15-8-10-18(11-9-15)29-31(26,27)4-2;3-2(4,5)1(6)7/h5-11,13,17,23H,3-4,12,14H2,1-2H3,(H3,21,22);(H,6,7)/t17-;/m0./s1. The van der Waals surface area contributed by atoms with Crippen molar-refractivity contribution in [3.8, 4) is 11.5 Å². The first-order valence-corrected chi connectivity index (χ1v) is 14.1. The van der Waals surface area contributed by atoms with Crippen LogP contribution in [0.15, 0.2) is 48.5 Å². The summed E-state index contributed by atoms with van der Waals surface area (Å²) in [4.78, 5) is 8.90. The average molecular weight is 584 g/mol. The molecular formula is C22H28F3N3O8S2. The lowest BCUT2D eigenvalue weighted by atomic mass is 10.1. The summed E-state index contributed by atoms with van der Waals surface area (Å²) in [5, 5.41) is 14.6. The molecule has 16 heteroatoms. The van der Waals surface area contributed by atoms with Gasteiger partial charge in [-0.05, 0) is 50.1 Å². The zero-order valence-electron chi connectivity index (χ0n) is 20.4. The average Bonchev–Trinajstić information content (AvgIpc) is 2.83. The number of halogens is 3. The predicted octanol–water partition coefficient (Wildman–Crippen LogP) is 2.26. The highest BCUT2D eigenvalue weighted by molar-refractivity contribution is 7.89. The third-order valence-electron chi connectivity index (χ3n) is 4.55. The van der Waals surface area contributed by atoms with Gasteiger partial charge in [-0.2, -0.15) is 21.6 Å². The number of ether oxygens (including phenoxy) is 1. The van der Waals surface area contributed by atoms with Crippen LogP contribution in [0.5, 0.6) is 11.5 Å². The molecule has 0 unspecified atom stereocenters. The van der Waals surface area contributed by atoms with E-state index in [1.54, 1.807) is 36.4 Å². The highest BCUT2D eigenvalue weighted by Gasteiger charge is 2.38. The number of hydrogen-bond donors (Lipinski definition) is 4. The van der Waals surface area contributed by atoms with Crippen molar-refractivity contribution in [2.24, 2.45) is 5.73 Å². The number of amidine groups is 1. The first-order chi connectivity index (χ1) is 17.5. The van der Waals surface area contributed by atoms with E-state index in [1.165, 1.54) is 26.0 Å². The molecule has 0 aromatic heterocycles. The topological polar surface area (TPSA) is 186 Å². The van der Waals surface area contributed by atoms with Crippen molar-refractivity contribution < 1.29 is 48.8 Å². The summed E-state index contributed by atoms with van der Waals surface area (Å²) in [5.41, 5.74) is 6.76. The molecule has 1 atom stereocenters. The molecule has 0 fully saturated rings. The molecule has 5 N–H and O–H groups in total. The maximum atomic E-state index is 12.1. The number of hydrogen-bond acceptors (Lipinski definition) is 8. The maximum absolute atomic E-state index is 12.1. The monoisotopic (exact) mass is 583 g/mol. The van der Waals surface area contributed by atoms with E-state index in [0.29, 0.717) is 17.7 Å². The van der Waals surface area contributed by atoms with Gasteiger partial charge in [0.05, 0.1) is 17.5 Å². The van der Waals surface area contributed by atoms with Crippen molar-refractivity contribution in [3.05, 3.63) is 59.7 Å². The van der Waals surface area contributed by atoms with Gasteiger partial charge in [0, 0.05) is 5.56 Å². The first kappa shape index (κ1) is 32.7. The summed E-state index contributed by atoms with van der Waals surface area (Å²) in [5.74, 6) is -2.42. The predicted molar refractivity (Wildman–Crippen MR) is 133 cm³/mol. The number of nitrogens with one attached hydrogen (secondary N) is 2. The highest BCUT2D eigenvalue weighted by atomic mass is 32.2. The molecule has 0 radical (unpaired) electrons. The van der Waals surface area contributed by atoms with Gasteiger partial charge in [-0.1, -0.05) is 24.3 Å². The van der Waals surface area contributed by atoms with Crippen LogP contribution in [0.3, 0.4) is 0 Å². The Labute approximate surface area is 218 Å². The van der Waals surface area contributed by atoms with Crippen LogP contribution in [0.2, 0.25) is 0 Å². The third kappa shape index (κ3) is 12.2. The summed E-state index contributed by atoms with van der Waals surface area (Å²) in [6.07, 6.45) is -4.77. The Bertz CT molecular complexity index is 1300. The number of carboxylic acid groups (broad SMARTS) is 1. The van der Waals surface area contributed by atoms with Crippen LogP contribution in [0.4, 0.5) is 13.2 Å². The largest absolute Gasteiger partial charge is 0.492 e. The molecule has 0 aliphatic rings. The van der Waals surface area contributed by atoms with Gasteiger partial charge in [0.15, 0.2) is 0 Å². The number of rotatable bonds is 12. The summed E-state index contributed by atoms with van der Waals surface area (Å²) in [6.45, 7) is 3.07.